The molecule has 1 fully saturated rings. The molecule has 0 bridgehead atoms. The number of pyridine rings is 1. The number of hydrogen-bond acceptors (Lipinski definition) is 5. The zero-order valence-corrected chi connectivity index (χ0v) is 20.9. The molecule has 1 aliphatic rings. The molecule has 0 saturated carbocycles. The van der Waals surface area contributed by atoms with Crippen LogP contribution in [-0.2, 0) is 11.3 Å². The Balaban J connectivity index is 1.42. The molecule has 0 radical (unpaired) electrons. The van der Waals surface area contributed by atoms with Gasteiger partial charge in [0.05, 0.1) is 18.3 Å². The van der Waals surface area contributed by atoms with Crippen molar-refractivity contribution in [3.8, 4) is 0 Å². The Morgan fingerprint density at radius 2 is 1.74 bits per heavy atom. The number of carbonyl (C=O) groups is 1. The van der Waals surface area contributed by atoms with Gasteiger partial charge in [-0.2, -0.15) is 0 Å². The summed E-state index contributed by atoms with van der Waals surface area (Å²) in [5.74, 6) is -1.29. The Kier molecular flexibility index (Phi) is 8.73. The average molecular weight is 518 g/mol. The van der Waals surface area contributed by atoms with Gasteiger partial charge in [-0.05, 0) is 48.2 Å². The molecule has 9 heteroatoms. The van der Waals surface area contributed by atoms with Crippen molar-refractivity contribution in [1.29, 1.82) is 0 Å². The van der Waals surface area contributed by atoms with Crippen molar-refractivity contribution in [1.82, 2.24) is 14.8 Å². The van der Waals surface area contributed by atoms with Crippen molar-refractivity contribution in [3.63, 3.8) is 0 Å². The molecule has 0 spiro atoms. The maximum absolute atomic E-state index is 14.1. The number of amides is 1. The number of aromatic nitrogens is 1. The second-order valence-corrected chi connectivity index (χ2v) is 9.44. The topological polar surface area (TPSA) is 45.7 Å². The zero-order chi connectivity index (χ0) is 24.8. The standard InChI is InChI=1S/C26H26ClF2N3O2S/c1-35-25-20(4-3-11-30-25)26(33)32-14-12-31(13-15-32)16-24(18-7-9-19(27)10-8-18)34-17-21-22(28)5-2-6-23(21)29/h2-11,24H,12-17H2,1H3. The molecule has 184 valence electrons. The quantitative estimate of drug-likeness (QED) is 0.372. The SMILES string of the molecule is CSc1ncccc1C(=O)N1CCN(CC(OCc2c(F)cccc2F)c2ccc(Cl)cc2)CC1. The van der Waals surface area contributed by atoms with Crippen LogP contribution in [0, 0.1) is 11.6 Å². The minimum atomic E-state index is -0.632. The number of hydrogen-bond donors (Lipinski definition) is 0. The highest BCUT2D eigenvalue weighted by molar-refractivity contribution is 7.98. The first-order valence-corrected chi connectivity index (χ1v) is 12.9. The molecule has 1 unspecified atom stereocenters. The van der Waals surface area contributed by atoms with Crippen molar-refractivity contribution < 1.29 is 18.3 Å². The van der Waals surface area contributed by atoms with E-state index in [0.717, 1.165) is 10.6 Å². The normalized spacial score (nSPS) is 15.3. The average Bonchev–Trinajstić information content (AvgIpc) is 2.88. The summed E-state index contributed by atoms with van der Waals surface area (Å²) in [6, 6.07) is 14.6. The van der Waals surface area contributed by atoms with Gasteiger partial charge in [0.1, 0.15) is 16.7 Å². The number of piperazine rings is 1. The van der Waals surface area contributed by atoms with Crippen LogP contribution >= 0.6 is 23.4 Å². The molecule has 2 heterocycles. The molecule has 1 amide bonds. The van der Waals surface area contributed by atoms with E-state index in [4.69, 9.17) is 16.3 Å². The van der Waals surface area contributed by atoms with Gasteiger partial charge in [0.25, 0.3) is 5.91 Å². The van der Waals surface area contributed by atoms with Crippen LogP contribution in [-0.4, -0.2) is 59.7 Å². The van der Waals surface area contributed by atoms with E-state index in [1.165, 1.54) is 30.0 Å². The fourth-order valence-corrected chi connectivity index (χ4v) is 4.71. The van der Waals surface area contributed by atoms with E-state index >= 15 is 0 Å². The molecule has 1 atom stereocenters. The summed E-state index contributed by atoms with van der Waals surface area (Å²) in [5.41, 5.74) is 1.38. The van der Waals surface area contributed by atoms with Gasteiger partial charge in [0.2, 0.25) is 0 Å². The molecule has 1 saturated heterocycles. The number of benzene rings is 2. The maximum Gasteiger partial charge on any atom is 0.256 e. The molecule has 1 aromatic heterocycles. The van der Waals surface area contributed by atoms with E-state index in [-0.39, 0.29) is 18.1 Å². The lowest BCUT2D eigenvalue weighted by Gasteiger charge is -2.36. The van der Waals surface area contributed by atoms with Crippen LogP contribution in [0.1, 0.15) is 27.6 Å². The van der Waals surface area contributed by atoms with Crippen LogP contribution in [0.2, 0.25) is 5.02 Å². The van der Waals surface area contributed by atoms with Crippen LogP contribution in [0.15, 0.2) is 65.8 Å². The van der Waals surface area contributed by atoms with E-state index < -0.39 is 17.7 Å². The van der Waals surface area contributed by atoms with Gasteiger partial charge in [-0.25, -0.2) is 13.8 Å². The number of rotatable bonds is 8. The largest absolute Gasteiger partial charge is 0.367 e. The first-order chi connectivity index (χ1) is 17.0. The summed E-state index contributed by atoms with van der Waals surface area (Å²) in [6.07, 6.45) is 3.17. The van der Waals surface area contributed by atoms with Crippen molar-refractivity contribution >= 4 is 29.3 Å². The summed E-state index contributed by atoms with van der Waals surface area (Å²) in [4.78, 5) is 21.3. The number of ether oxygens (including phenoxy) is 1. The van der Waals surface area contributed by atoms with Gasteiger partial charge in [-0.15, -0.1) is 11.8 Å². The Morgan fingerprint density at radius 1 is 1.06 bits per heavy atom. The van der Waals surface area contributed by atoms with Crippen LogP contribution in [0.25, 0.3) is 0 Å². The Labute approximate surface area is 213 Å². The second kappa shape index (κ2) is 11.9. The molecule has 2 aromatic carbocycles. The van der Waals surface area contributed by atoms with Gasteiger partial charge in [0, 0.05) is 49.5 Å². The lowest BCUT2D eigenvalue weighted by atomic mass is 10.1. The molecule has 5 nitrogen and oxygen atoms in total. The predicted molar refractivity (Wildman–Crippen MR) is 134 cm³/mol. The first-order valence-electron chi connectivity index (χ1n) is 11.3. The minimum Gasteiger partial charge on any atom is -0.367 e. The van der Waals surface area contributed by atoms with E-state index in [1.807, 2.05) is 23.3 Å². The fourth-order valence-electron chi connectivity index (χ4n) is 4.04. The molecule has 1 aliphatic heterocycles. The number of thioether (sulfide) groups is 1. The van der Waals surface area contributed by atoms with E-state index in [0.29, 0.717) is 43.3 Å². The number of carbonyl (C=O) groups excluding carboxylic acids is 1. The minimum absolute atomic E-state index is 0.0253. The van der Waals surface area contributed by atoms with Gasteiger partial charge in [0.15, 0.2) is 0 Å². The summed E-state index contributed by atoms with van der Waals surface area (Å²) >= 11 is 7.50. The van der Waals surface area contributed by atoms with Crippen LogP contribution in [0.5, 0.6) is 0 Å². The van der Waals surface area contributed by atoms with Gasteiger partial charge >= 0.3 is 0 Å². The second-order valence-electron chi connectivity index (χ2n) is 8.20. The lowest BCUT2D eigenvalue weighted by molar-refractivity contribution is 0.00141. The number of nitrogens with zero attached hydrogens (tertiary/aromatic N) is 3. The van der Waals surface area contributed by atoms with Crippen molar-refractivity contribution in [3.05, 3.63) is 94.1 Å². The predicted octanol–water partition coefficient (Wildman–Crippen LogP) is 5.45. The summed E-state index contributed by atoms with van der Waals surface area (Å²) in [5, 5.41) is 1.32. The molecule has 0 aliphatic carbocycles. The van der Waals surface area contributed by atoms with E-state index in [9.17, 15) is 13.6 Å². The Hall–Kier alpha value is -2.52. The van der Waals surface area contributed by atoms with Gasteiger partial charge < -0.3 is 9.64 Å². The zero-order valence-electron chi connectivity index (χ0n) is 19.3. The van der Waals surface area contributed by atoms with E-state index in [1.54, 1.807) is 30.5 Å². The van der Waals surface area contributed by atoms with Gasteiger partial charge in [-0.1, -0.05) is 29.8 Å². The Morgan fingerprint density at radius 3 is 2.40 bits per heavy atom. The third kappa shape index (κ3) is 6.38. The fraction of sp³-hybridized carbons (Fsp3) is 0.308. The maximum atomic E-state index is 14.1. The first kappa shape index (κ1) is 25.6. The third-order valence-corrected chi connectivity index (χ3v) is 6.97. The highest BCUT2D eigenvalue weighted by Gasteiger charge is 2.26. The summed E-state index contributed by atoms with van der Waals surface area (Å²) in [6.45, 7) is 2.77. The highest BCUT2D eigenvalue weighted by atomic mass is 35.5. The molecule has 4 rings (SSSR count). The van der Waals surface area contributed by atoms with E-state index in [2.05, 4.69) is 9.88 Å². The monoisotopic (exact) mass is 517 g/mol. The van der Waals surface area contributed by atoms with Crippen molar-refractivity contribution in [2.45, 2.75) is 17.7 Å². The number of halogens is 3. The van der Waals surface area contributed by atoms with Crippen LogP contribution in [0.4, 0.5) is 8.78 Å². The molecule has 35 heavy (non-hydrogen) atoms. The summed E-state index contributed by atoms with van der Waals surface area (Å²) < 4.78 is 34.3. The lowest BCUT2D eigenvalue weighted by Crippen LogP contribution is -2.49. The van der Waals surface area contributed by atoms with Crippen molar-refractivity contribution in [2.75, 3.05) is 39.0 Å². The molecular weight excluding hydrogens is 492 g/mol. The summed E-state index contributed by atoms with van der Waals surface area (Å²) in [7, 11) is 0. The Bertz CT molecular complexity index is 1140. The molecule has 0 N–H and O–H groups in total. The molecule has 3 aromatic rings. The smallest absolute Gasteiger partial charge is 0.256 e. The van der Waals surface area contributed by atoms with Gasteiger partial charge in [-0.3, -0.25) is 9.69 Å². The highest BCUT2D eigenvalue weighted by Crippen LogP contribution is 2.25. The van der Waals surface area contributed by atoms with Crippen LogP contribution in [0.3, 0.4) is 0 Å². The van der Waals surface area contributed by atoms with Crippen molar-refractivity contribution in [2.24, 2.45) is 0 Å². The third-order valence-electron chi connectivity index (χ3n) is 6.01. The molecular formula is C26H26ClF2N3O2S. The van der Waals surface area contributed by atoms with Crippen LogP contribution < -0.4 is 0 Å².